The molecular weight excluding hydrogens is 376 g/mol. The van der Waals surface area contributed by atoms with E-state index in [0.29, 0.717) is 6.42 Å². The molecule has 1 atom stereocenters. The van der Waals surface area contributed by atoms with Gasteiger partial charge in [-0.15, -0.1) is 11.6 Å². The summed E-state index contributed by atoms with van der Waals surface area (Å²) in [5, 5.41) is 6.06. The average Bonchev–Trinajstić information content (AvgIpc) is 3.00. The van der Waals surface area contributed by atoms with Gasteiger partial charge >= 0.3 is 0 Å². The second kappa shape index (κ2) is 6.85. The van der Waals surface area contributed by atoms with E-state index in [1.807, 2.05) is 31.2 Å². The molecule has 0 unspecified atom stereocenters. The molecular formula is C18H16BrClN2O. The van der Waals surface area contributed by atoms with Gasteiger partial charge < -0.3 is 0 Å². The second-order valence-corrected chi connectivity index (χ2v) is 6.74. The zero-order chi connectivity index (χ0) is 16.4. The van der Waals surface area contributed by atoms with Gasteiger partial charge in [0.25, 0.3) is 5.91 Å². The lowest BCUT2D eigenvalue weighted by molar-refractivity contribution is -0.130. The Morgan fingerprint density at radius 3 is 2.48 bits per heavy atom. The Morgan fingerprint density at radius 2 is 1.87 bits per heavy atom. The molecule has 0 aromatic heterocycles. The lowest BCUT2D eigenvalue weighted by atomic mass is 9.98. The minimum Gasteiger partial charge on any atom is -0.272 e. The molecule has 0 radical (unpaired) electrons. The highest BCUT2D eigenvalue weighted by molar-refractivity contribution is 9.10. The van der Waals surface area contributed by atoms with Gasteiger partial charge in [0.05, 0.1) is 11.8 Å². The quantitative estimate of drug-likeness (QED) is 0.700. The zero-order valence-corrected chi connectivity index (χ0v) is 15.0. The van der Waals surface area contributed by atoms with E-state index < -0.39 is 0 Å². The zero-order valence-electron chi connectivity index (χ0n) is 12.7. The predicted octanol–water partition coefficient (Wildman–Crippen LogP) is 4.67. The summed E-state index contributed by atoms with van der Waals surface area (Å²) in [6, 6.07) is 16.1. The van der Waals surface area contributed by atoms with Crippen LogP contribution in [0.4, 0.5) is 0 Å². The normalized spacial score (nSPS) is 17.3. The van der Waals surface area contributed by atoms with Crippen LogP contribution in [-0.4, -0.2) is 22.5 Å². The van der Waals surface area contributed by atoms with E-state index in [1.165, 1.54) is 10.6 Å². The van der Waals surface area contributed by atoms with Crippen molar-refractivity contribution in [3.63, 3.8) is 0 Å². The van der Waals surface area contributed by atoms with Crippen molar-refractivity contribution < 1.29 is 4.79 Å². The second-order valence-electron chi connectivity index (χ2n) is 5.56. The molecule has 1 aliphatic rings. The number of alkyl halides is 1. The third-order valence-corrected chi connectivity index (χ3v) is 4.68. The Labute approximate surface area is 149 Å². The number of carbonyl (C=O) groups excluding carboxylic acids is 1. The van der Waals surface area contributed by atoms with Crippen LogP contribution in [0, 0.1) is 6.92 Å². The van der Waals surface area contributed by atoms with Crippen molar-refractivity contribution in [2.45, 2.75) is 19.4 Å². The fourth-order valence-electron chi connectivity index (χ4n) is 2.67. The Balaban J connectivity index is 1.93. The fourth-order valence-corrected chi connectivity index (χ4v) is 3.05. The number of hydrogen-bond donors (Lipinski definition) is 0. The van der Waals surface area contributed by atoms with Gasteiger partial charge in [0.15, 0.2) is 0 Å². The summed E-state index contributed by atoms with van der Waals surface area (Å²) >= 11 is 9.19. The molecule has 0 saturated carbocycles. The number of rotatable bonds is 3. The first-order valence-corrected chi connectivity index (χ1v) is 8.69. The monoisotopic (exact) mass is 390 g/mol. The van der Waals surface area contributed by atoms with E-state index in [4.69, 9.17) is 11.6 Å². The summed E-state index contributed by atoms with van der Waals surface area (Å²) in [5.74, 6) is -0.246. The number of benzene rings is 2. The Morgan fingerprint density at radius 1 is 1.22 bits per heavy atom. The average molecular weight is 392 g/mol. The molecule has 0 spiro atoms. The lowest BCUT2D eigenvalue weighted by Crippen LogP contribution is -2.27. The van der Waals surface area contributed by atoms with Crippen molar-refractivity contribution >= 4 is 39.1 Å². The largest absolute Gasteiger partial charge is 0.272 e. The molecule has 118 valence electrons. The number of hydrazone groups is 1. The van der Waals surface area contributed by atoms with Crippen molar-refractivity contribution in [1.29, 1.82) is 0 Å². The number of aryl methyl sites for hydroxylation is 1. The van der Waals surface area contributed by atoms with Crippen molar-refractivity contribution in [3.8, 4) is 0 Å². The Kier molecular flexibility index (Phi) is 4.83. The third kappa shape index (κ3) is 3.48. The highest BCUT2D eigenvalue weighted by Gasteiger charge is 2.32. The minimum absolute atomic E-state index is 0.0700. The van der Waals surface area contributed by atoms with Crippen LogP contribution in [0.5, 0.6) is 0 Å². The summed E-state index contributed by atoms with van der Waals surface area (Å²) < 4.78 is 1.02. The summed E-state index contributed by atoms with van der Waals surface area (Å²) in [6.07, 6.45) is 0.688. The number of hydrogen-bond acceptors (Lipinski definition) is 2. The molecule has 0 bridgehead atoms. The molecule has 0 aliphatic carbocycles. The van der Waals surface area contributed by atoms with Crippen molar-refractivity contribution in [1.82, 2.24) is 5.01 Å². The first-order valence-electron chi connectivity index (χ1n) is 7.36. The van der Waals surface area contributed by atoms with Gasteiger partial charge in [-0.2, -0.15) is 5.10 Å². The smallest absolute Gasteiger partial charge is 0.258 e. The molecule has 3 rings (SSSR count). The maximum Gasteiger partial charge on any atom is 0.258 e. The van der Waals surface area contributed by atoms with Gasteiger partial charge in [-0.1, -0.05) is 57.9 Å². The van der Waals surface area contributed by atoms with Crippen molar-refractivity contribution in [2.75, 3.05) is 5.88 Å². The molecule has 0 saturated heterocycles. The number of amides is 1. The molecule has 2 aromatic carbocycles. The van der Waals surface area contributed by atoms with Crippen LogP contribution in [0.2, 0.25) is 0 Å². The highest BCUT2D eigenvalue weighted by atomic mass is 79.9. The predicted molar refractivity (Wildman–Crippen MR) is 96.8 cm³/mol. The van der Waals surface area contributed by atoms with Gasteiger partial charge in [0.2, 0.25) is 0 Å². The standard InChI is InChI=1S/C18H16BrClN2O/c1-12-2-4-14(5-3-12)17-10-16(21-22(17)18(23)11-20)13-6-8-15(19)9-7-13/h2-9,17H,10-11H2,1H3/t17-/m0/s1. The SMILES string of the molecule is Cc1ccc([C@@H]2CC(c3ccc(Br)cc3)=NN2C(=O)CCl)cc1. The highest BCUT2D eigenvalue weighted by Crippen LogP contribution is 2.33. The number of carbonyl (C=O) groups is 1. The number of nitrogens with zero attached hydrogens (tertiary/aromatic N) is 2. The lowest BCUT2D eigenvalue weighted by Gasteiger charge is -2.21. The fraction of sp³-hybridized carbons (Fsp3) is 0.222. The first kappa shape index (κ1) is 16.2. The summed E-state index contributed by atoms with van der Waals surface area (Å²) in [5.41, 5.74) is 4.19. The molecule has 0 N–H and O–H groups in total. The minimum atomic E-state index is -0.177. The molecule has 1 heterocycles. The van der Waals surface area contributed by atoms with E-state index >= 15 is 0 Å². The topological polar surface area (TPSA) is 32.7 Å². The van der Waals surface area contributed by atoms with Crippen molar-refractivity contribution in [2.24, 2.45) is 5.10 Å². The van der Waals surface area contributed by atoms with E-state index in [-0.39, 0.29) is 17.8 Å². The number of halogens is 2. The molecule has 1 amide bonds. The maximum atomic E-state index is 12.2. The van der Waals surface area contributed by atoms with Crippen LogP contribution in [0.3, 0.4) is 0 Å². The molecule has 3 nitrogen and oxygen atoms in total. The van der Waals surface area contributed by atoms with E-state index in [1.54, 1.807) is 0 Å². The van der Waals surface area contributed by atoms with Crippen LogP contribution in [0.25, 0.3) is 0 Å². The Bertz CT molecular complexity index is 741. The molecule has 0 fully saturated rings. The molecule has 1 aliphatic heterocycles. The summed E-state index contributed by atoms with van der Waals surface area (Å²) in [4.78, 5) is 12.2. The first-order chi connectivity index (χ1) is 11.1. The van der Waals surface area contributed by atoms with Crippen LogP contribution < -0.4 is 0 Å². The van der Waals surface area contributed by atoms with Crippen molar-refractivity contribution in [3.05, 3.63) is 69.7 Å². The third-order valence-electron chi connectivity index (χ3n) is 3.92. The van der Waals surface area contributed by atoms with Gasteiger partial charge in [0, 0.05) is 10.9 Å². The maximum absolute atomic E-state index is 12.2. The van der Waals surface area contributed by atoms with E-state index in [9.17, 15) is 4.79 Å². The van der Waals surface area contributed by atoms with E-state index in [2.05, 4.69) is 45.3 Å². The molecule has 23 heavy (non-hydrogen) atoms. The van der Waals surface area contributed by atoms with Crippen LogP contribution >= 0.6 is 27.5 Å². The summed E-state index contributed by atoms with van der Waals surface area (Å²) in [7, 11) is 0. The Hall–Kier alpha value is -1.65. The summed E-state index contributed by atoms with van der Waals surface area (Å²) in [6.45, 7) is 2.05. The van der Waals surface area contributed by atoms with E-state index in [0.717, 1.165) is 21.3 Å². The van der Waals surface area contributed by atoms with Gasteiger partial charge in [-0.3, -0.25) is 4.79 Å². The molecule has 2 aromatic rings. The van der Waals surface area contributed by atoms with Crippen LogP contribution in [0.1, 0.15) is 29.2 Å². The van der Waals surface area contributed by atoms with Gasteiger partial charge in [0.1, 0.15) is 5.88 Å². The van der Waals surface area contributed by atoms with Gasteiger partial charge in [-0.05, 0) is 30.2 Å². The van der Waals surface area contributed by atoms with Gasteiger partial charge in [-0.25, -0.2) is 5.01 Å². The molecule has 5 heteroatoms. The van der Waals surface area contributed by atoms with Crippen LogP contribution in [0.15, 0.2) is 58.1 Å². The van der Waals surface area contributed by atoms with Crippen LogP contribution in [-0.2, 0) is 4.79 Å².